The minimum absolute atomic E-state index is 0.000999. The number of nitrogens with one attached hydrogen (secondary N) is 2. The SMILES string of the molecule is COc1nccnc1NS(=O)(=O)c1ccc(NC(=O)c2ccc(S(=O)(=O)N(CCCl)CCCl)cc2)cc1. The van der Waals surface area contributed by atoms with Gasteiger partial charge < -0.3 is 10.1 Å². The molecule has 0 fully saturated rings. The second-order valence-corrected chi connectivity index (χ2v) is 11.7. The van der Waals surface area contributed by atoms with Crippen molar-refractivity contribution < 1.29 is 26.4 Å². The monoisotopic (exact) mass is 587 g/mol. The Kier molecular flexibility index (Phi) is 9.68. The van der Waals surface area contributed by atoms with Crippen LogP contribution in [-0.4, -0.2) is 69.0 Å². The summed E-state index contributed by atoms with van der Waals surface area (Å²) in [6, 6.07) is 10.8. The van der Waals surface area contributed by atoms with E-state index in [2.05, 4.69) is 20.0 Å². The predicted molar refractivity (Wildman–Crippen MR) is 140 cm³/mol. The van der Waals surface area contributed by atoms with Crippen molar-refractivity contribution in [2.75, 3.05) is 42.0 Å². The van der Waals surface area contributed by atoms with E-state index in [-0.39, 0.29) is 51.9 Å². The Bertz CT molecular complexity index is 1430. The number of rotatable bonds is 12. The van der Waals surface area contributed by atoms with Crippen LogP contribution in [0, 0.1) is 0 Å². The van der Waals surface area contributed by atoms with Crippen LogP contribution in [0.2, 0.25) is 0 Å². The van der Waals surface area contributed by atoms with Crippen molar-refractivity contribution in [1.29, 1.82) is 0 Å². The van der Waals surface area contributed by atoms with Crippen LogP contribution >= 0.6 is 23.2 Å². The summed E-state index contributed by atoms with van der Waals surface area (Å²) in [5.74, 6) is -0.344. The van der Waals surface area contributed by atoms with E-state index in [0.717, 1.165) is 0 Å². The molecule has 11 nitrogen and oxygen atoms in total. The number of nitrogens with zero attached hydrogens (tertiary/aromatic N) is 3. The number of aromatic nitrogens is 2. The number of hydrogen-bond donors (Lipinski definition) is 2. The molecule has 0 aliphatic rings. The largest absolute Gasteiger partial charge is 0.478 e. The number of sulfonamides is 2. The molecule has 0 radical (unpaired) electrons. The molecule has 0 atom stereocenters. The quantitative estimate of drug-likeness (QED) is 0.307. The van der Waals surface area contributed by atoms with Gasteiger partial charge in [0, 0.05) is 48.5 Å². The summed E-state index contributed by atoms with van der Waals surface area (Å²) in [6.45, 7) is 0.207. The third-order valence-corrected chi connectivity index (χ3v) is 8.54. The first-order valence-electron chi connectivity index (χ1n) is 10.6. The first-order valence-corrected chi connectivity index (χ1v) is 14.6. The van der Waals surface area contributed by atoms with Gasteiger partial charge in [0.2, 0.25) is 15.8 Å². The fourth-order valence-electron chi connectivity index (χ4n) is 3.12. The lowest BCUT2D eigenvalue weighted by Gasteiger charge is -2.20. The summed E-state index contributed by atoms with van der Waals surface area (Å²) in [7, 11) is -6.48. The molecule has 0 saturated heterocycles. The van der Waals surface area contributed by atoms with Crippen molar-refractivity contribution in [3.8, 4) is 5.88 Å². The summed E-state index contributed by atoms with van der Waals surface area (Å²) < 4.78 is 59.4. The van der Waals surface area contributed by atoms with Crippen LogP contribution in [-0.2, 0) is 20.0 Å². The lowest BCUT2D eigenvalue weighted by molar-refractivity contribution is 0.102. The van der Waals surface area contributed by atoms with Gasteiger partial charge in [-0.1, -0.05) is 0 Å². The molecule has 3 rings (SSSR count). The second-order valence-electron chi connectivity index (χ2n) is 7.30. The smallest absolute Gasteiger partial charge is 0.263 e. The van der Waals surface area contributed by atoms with Gasteiger partial charge in [-0.25, -0.2) is 26.8 Å². The molecule has 0 unspecified atom stereocenters. The van der Waals surface area contributed by atoms with Crippen molar-refractivity contribution >= 4 is 60.7 Å². The number of benzene rings is 2. The summed E-state index contributed by atoms with van der Waals surface area (Å²) in [5, 5.41) is 2.64. The van der Waals surface area contributed by atoms with Crippen LogP contribution in [0.4, 0.5) is 11.5 Å². The van der Waals surface area contributed by atoms with E-state index in [9.17, 15) is 21.6 Å². The number of ether oxygens (including phenoxy) is 1. The number of methoxy groups -OCH3 is 1. The van der Waals surface area contributed by atoms with Gasteiger partial charge >= 0.3 is 0 Å². The molecule has 0 saturated carbocycles. The molecule has 1 heterocycles. The summed E-state index contributed by atoms with van der Waals surface area (Å²) in [6.07, 6.45) is 2.68. The van der Waals surface area contributed by atoms with Gasteiger partial charge in [-0.05, 0) is 48.5 Å². The highest BCUT2D eigenvalue weighted by atomic mass is 35.5. The Morgan fingerprint density at radius 1 is 0.892 bits per heavy atom. The Hall–Kier alpha value is -2.97. The Balaban J connectivity index is 1.70. The number of hydrogen-bond acceptors (Lipinski definition) is 8. The molecule has 0 bridgehead atoms. The minimum Gasteiger partial charge on any atom is -0.478 e. The number of halogens is 2. The third kappa shape index (κ3) is 7.08. The maximum atomic E-state index is 12.8. The van der Waals surface area contributed by atoms with Gasteiger partial charge in [-0.3, -0.25) is 9.52 Å². The van der Waals surface area contributed by atoms with Crippen LogP contribution in [0.25, 0.3) is 0 Å². The van der Waals surface area contributed by atoms with E-state index in [0.29, 0.717) is 5.69 Å². The van der Waals surface area contributed by atoms with Crippen molar-refractivity contribution in [2.24, 2.45) is 0 Å². The topological polar surface area (TPSA) is 148 Å². The van der Waals surface area contributed by atoms with Crippen LogP contribution < -0.4 is 14.8 Å². The molecule has 15 heteroatoms. The average molecular weight is 588 g/mol. The molecule has 2 N–H and O–H groups in total. The lowest BCUT2D eigenvalue weighted by atomic mass is 10.2. The molecule has 0 aliphatic heterocycles. The Morgan fingerprint density at radius 2 is 1.46 bits per heavy atom. The molecule has 0 spiro atoms. The summed E-state index contributed by atoms with van der Waals surface area (Å²) in [5.41, 5.74) is 0.529. The van der Waals surface area contributed by atoms with E-state index in [4.69, 9.17) is 27.9 Å². The van der Waals surface area contributed by atoms with Crippen molar-refractivity contribution in [2.45, 2.75) is 9.79 Å². The van der Waals surface area contributed by atoms with Crippen LogP contribution in [0.3, 0.4) is 0 Å². The maximum Gasteiger partial charge on any atom is 0.263 e. The van der Waals surface area contributed by atoms with E-state index in [1.165, 1.54) is 72.3 Å². The molecule has 2 aromatic carbocycles. The normalized spacial score (nSPS) is 11.8. The van der Waals surface area contributed by atoms with E-state index < -0.39 is 26.0 Å². The third-order valence-electron chi connectivity index (χ3n) is 4.93. The summed E-state index contributed by atoms with van der Waals surface area (Å²) >= 11 is 11.4. The van der Waals surface area contributed by atoms with Crippen LogP contribution in [0.5, 0.6) is 5.88 Å². The standard InChI is InChI=1S/C22H23Cl2N5O6S2/c1-35-22-20(25-12-13-26-22)28-36(31,32)18-8-4-17(5-9-18)27-21(30)16-2-6-19(7-3-16)37(33,34)29(14-10-23)15-11-24/h2-9,12-13H,10-11,14-15H2,1H3,(H,25,28)(H,27,30). The highest BCUT2D eigenvalue weighted by molar-refractivity contribution is 7.92. The second kappa shape index (κ2) is 12.5. The van der Waals surface area contributed by atoms with Gasteiger partial charge in [-0.15, -0.1) is 23.2 Å². The molecule has 37 heavy (non-hydrogen) atoms. The first-order chi connectivity index (χ1) is 17.6. The van der Waals surface area contributed by atoms with E-state index in [1.54, 1.807) is 0 Å². The predicted octanol–water partition coefficient (Wildman–Crippen LogP) is 3.01. The first kappa shape index (κ1) is 28.6. The minimum atomic E-state index is -4.00. The molecule has 1 amide bonds. The number of carbonyl (C=O) groups excluding carboxylic acids is 1. The Labute approximate surface area is 224 Å². The van der Waals surface area contributed by atoms with Crippen molar-refractivity contribution in [3.63, 3.8) is 0 Å². The van der Waals surface area contributed by atoms with Gasteiger partial charge in [0.25, 0.3) is 21.8 Å². The van der Waals surface area contributed by atoms with Crippen molar-refractivity contribution in [3.05, 3.63) is 66.5 Å². The number of amides is 1. The van der Waals surface area contributed by atoms with Crippen LogP contribution in [0.15, 0.2) is 70.7 Å². The zero-order valence-corrected chi connectivity index (χ0v) is 22.6. The van der Waals surface area contributed by atoms with Gasteiger partial charge in [-0.2, -0.15) is 4.31 Å². The molecule has 0 aliphatic carbocycles. The zero-order chi connectivity index (χ0) is 27.1. The van der Waals surface area contributed by atoms with Crippen molar-refractivity contribution in [1.82, 2.24) is 14.3 Å². The van der Waals surface area contributed by atoms with Crippen LogP contribution in [0.1, 0.15) is 10.4 Å². The molecular formula is C22H23Cl2N5O6S2. The van der Waals surface area contributed by atoms with E-state index >= 15 is 0 Å². The van der Waals surface area contributed by atoms with Gasteiger partial charge in [0.1, 0.15) is 0 Å². The lowest BCUT2D eigenvalue weighted by Crippen LogP contribution is -2.34. The Morgan fingerprint density at radius 3 is 2.03 bits per heavy atom. The zero-order valence-electron chi connectivity index (χ0n) is 19.5. The number of carbonyl (C=O) groups is 1. The molecule has 1 aromatic heterocycles. The number of anilines is 2. The molecule has 3 aromatic rings. The highest BCUT2D eigenvalue weighted by Gasteiger charge is 2.24. The van der Waals surface area contributed by atoms with Gasteiger partial charge in [0.05, 0.1) is 16.9 Å². The molecule has 198 valence electrons. The maximum absolute atomic E-state index is 12.8. The molecular weight excluding hydrogens is 565 g/mol. The average Bonchev–Trinajstić information content (AvgIpc) is 2.89. The fourth-order valence-corrected chi connectivity index (χ4v) is 6.18. The van der Waals surface area contributed by atoms with Gasteiger partial charge in [0.15, 0.2) is 0 Å². The highest BCUT2D eigenvalue weighted by Crippen LogP contribution is 2.23. The summed E-state index contributed by atoms with van der Waals surface area (Å²) in [4.78, 5) is 20.4. The fraction of sp³-hybridized carbons (Fsp3) is 0.227. The number of alkyl halides is 2. The van der Waals surface area contributed by atoms with E-state index in [1.807, 2.05) is 0 Å².